The minimum atomic E-state index is -0.536. The molecule has 0 unspecified atom stereocenters. The molecule has 15 heavy (non-hydrogen) atoms. The van der Waals surface area contributed by atoms with Crippen LogP contribution >= 0.6 is 0 Å². The second-order valence-corrected chi connectivity index (χ2v) is 5.40. The molecule has 0 saturated carbocycles. The van der Waals surface area contributed by atoms with Gasteiger partial charge in [-0.05, 0) is 19.8 Å². The van der Waals surface area contributed by atoms with Crippen molar-refractivity contribution in [3.63, 3.8) is 0 Å². The third-order valence-electron chi connectivity index (χ3n) is 3.30. The maximum Gasteiger partial charge on any atom is 0.0644 e. The first kappa shape index (κ1) is 12.9. The lowest BCUT2D eigenvalue weighted by atomic mass is 9.89. The van der Waals surface area contributed by atoms with Crippen LogP contribution < -0.4 is 0 Å². The molecular formula is C11H23NO3. The van der Waals surface area contributed by atoms with Gasteiger partial charge in [-0.25, -0.2) is 0 Å². The fourth-order valence-corrected chi connectivity index (χ4v) is 1.88. The standard InChI is InChI=1S/C11H23NO3/c1-10(8-13,9-14)7-12-5-3-11(2,15)4-6-12/h13-15H,3-9H2,1-2H3. The van der Waals surface area contributed by atoms with Gasteiger partial charge in [0.15, 0.2) is 0 Å². The smallest absolute Gasteiger partial charge is 0.0644 e. The summed E-state index contributed by atoms with van der Waals surface area (Å²) in [7, 11) is 0. The van der Waals surface area contributed by atoms with Gasteiger partial charge in [0.1, 0.15) is 0 Å². The summed E-state index contributed by atoms with van der Waals surface area (Å²) in [5.74, 6) is 0. The molecule has 1 aliphatic heterocycles. The van der Waals surface area contributed by atoms with Crippen molar-refractivity contribution in [2.45, 2.75) is 32.3 Å². The molecule has 0 spiro atoms. The van der Waals surface area contributed by atoms with Crippen molar-refractivity contribution in [2.24, 2.45) is 5.41 Å². The summed E-state index contributed by atoms with van der Waals surface area (Å²) < 4.78 is 0. The number of likely N-dealkylation sites (tertiary alicyclic amines) is 1. The highest BCUT2D eigenvalue weighted by atomic mass is 16.3. The molecule has 90 valence electrons. The zero-order valence-corrected chi connectivity index (χ0v) is 9.74. The topological polar surface area (TPSA) is 63.9 Å². The number of nitrogens with zero attached hydrogens (tertiary/aromatic N) is 1. The van der Waals surface area contributed by atoms with Crippen LogP contribution in [0.1, 0.15) is 26.7 Å². The van der Waals surface area contributed by atoms with E-state index in [2.05, 4.69) is 4.90 Å². The molecule has 0 aromatic rings. The Morgan fingerprint density at radius 1 is 1.20 bits per heavy atom. The number of aliphatic hydroxyl groups excluding tert-OH is 2. The molecule has 0 radical (unpaired) electrons. The number of rotatable bonds is 4. The number of hydrogen-bond acceptors (Lipinski definition) is 4. The van der Waals surface area contributed by atoms with Gasteiger partial charge in [-0.3, -0.25) is 0 Å². The molecule has 4 nitrogen and oxygen atoms in total. The average Bonchev–Trinajstić information content (AvgIpc) is 2.21. The monoisotopic (exact) mass is 217 g/mol. The Balaban J connectivity index is 2.41. The van der Waals surface area contributed by atoms with Crippen molar-refractivity contribution in [2.75, 3.05) is 32.8 Å². The minimum Gasteiger partial charge on any atom is -0.396 e. The van der Waals surface area contributed by atoms with E-state index in [0.29, 0.717) is 6.54 Å². The van der Waals surface area contributed by atoms with Crippen LogP contribution in [0, 0.1) is 5.41 Å². The van der Waals surface area contributed by atoms with Gasteiger partial charge in [-0.1, -0.05) is 6.92 Å². The highest BCUT2D eigenvalue weighted by Gasteiger charge is 2.31. The van der Waals surface area contributed by atoms with Crippen molar-refractivity contribution in [1.82, 2.24) is 4.90 Å². The van der Waals surface area contributed by atoms with Crippen LogP contribution in [0.3, 0.4) is 0 Å². The van der Waals surface area contributed by atoms with E-state index < -0.39 is 11.0 Å². The SMILES string of the molecule is CC1(O)CCN(CC(C)(CO)CO)CC1. The molecule has 0 aromatic carbocycles. The van der Waals surface area contributed by atoms with Crippen molar-refractivity contribution < 1.29 is 15.3 Å². The maximum absolute atomic E-state index is 9.78. The van der Waals surface area contributed by atoms with Crippen LogP contribution in [0.15, 0.2) is 0 Å². The average molecular weight is 217 g/mol. The second-order valence-electron chi connectivity index (χ2n) is 5.40. The van der Waals surface area contributed by atoms with Crippen LogP contribution in [-0.4, -0.2) is 58.7 Å². The molecule has 0 aliphatic carbocycles. The summed E-state index contributed by atoms with van der Waals surface area (Å²) in [6.45, 7) is 6.09. The highest BCUT2D eigenvalue weighted by Crippen LogP contribution is 2.24. The molecule has 3 N–H and O–H groups in total. The van der Waals surface area contributed by atoms with E-state index in [1.165, 1.54) is 0 Å². The quantitative estimate of drug-likeness (QED) is 0.611. The van der Waals surface area contributed by atoms with E-state index in [9.17, 15) is 15.3 Å². The molecule has 1 fully saturated rings. The van der Waals surface area contributed by atoms with Gasteiger partial charge in [0.2, 0.25) is 0 Å². The molecule has 0 aromatic heterocycles. The second kappa shape index (κ2) is 4.78. The molecule has 4 heteroatoms. The lowest BCUT2D eigenvalue weighted by molar-refractivity contribution is -0.0287. The Bertz CT molecular complexity index is 192. The van der Waals surface area contributed by atoms with E-state index in [0.717, 1.165) is 25.9 Å². The van der Waals surface area contributed by atoms with Crippen LogP contribution in [0.2, 0.25) is 0 Å². The Morgan fingerprint density at radius 2 is 1.67 bits per heavy atom. The zero-order valence-electron chi connectivity index (χ0n) is 9.74. The molecule has 1 aliphatic rings. The predicted octanol–water partition coefficient (Wildman–Crippen LogP) is -0.176. The molecule has 0 atom stereocenters. The van der Waals surface area contributed by atoms with Gasteiger partial charge in [-0.2, -0.15) is 0 Å². The van der Waals surface area contributed by atoms with Crippen molar-refractivity contribution in [3.05, 3.63) is 0 Å². The molecular weight excluding hydrogens is 194 g/mol. The largest absolute Gasteiger partial charge is 0.396 e. The lowest BCUT2D eigenvalue weighted by Crippen LogP contribution is -2.48. The lowest BCUT2D eigenvalue weighted by Gasteiger charge is -2.39. The first-order valence-electron chi connectivity index (χ1n) is 5.57. The fraction of sp³-hybridized carbons (Fsp3) is 1.00. The highest BCUT2D eigenvalue weighted by molar-refractivity contribution is 4.85. The van der Waals surface area contributed by atoms with E-state index >= 15 is 0 Å². The van der Waals surface area contributed by atoms with Crippen molar-refractivity contribution >= 4 is 0 Å². The van der Waals surface area contributed by atoms with Crippen molar-refractivity contribution in [1.29, 1.82) is 0 Å². The molecule has 1 heterocycles. The Kier molecular flexibility index (Phi) is 4.12. The summed E-state index contributed by atoms with van der Waals surface area (Å²) in [4.78, 5) is 2.20. The third kappa shape index (κ3) is 3.72. The Hall–Kier alpha value is -0.160. The number of aliphatic hydroxyl groups is 3. The third-order valence-corrected chi connectivity index (χ3v) is 3.30. The van der Waals surface area contributed by atoms with Gasteiger partial charge in [0.05, 0.1) is 18.8 Å². The van der Waals surface area contributed by atoms with Gasteiger partial charge in [-0.15, -0.1) is 0 Å². The zero-order chi connectivity index (χ0) is 11.5. The van der Waals surface area contributed by atoms with Gasteiger partial charge >= 0.3 is 0 Å². The Labute approximate surface area is 91.5 Å². The van der Waals surface area contributed by atoms with E-state index in [-0.39, 0.29) is 13.2 Å². The molecule has 0 amide bonds. The number of hydrogen-bond donors (Lipinski definition) is 3. The van der Waals surface area contributed by atoms with Crippen LogP contribution in [0.25, 0.3) is 0 Å². The first-order chi connectivity index (χ1) is 6.91. The first-order valence-corrected chi connectivity index (χ1v) is 5.57. The van der Waals surface area contributed by atoms with Crippen LogP contribution in [0.5, 0.6) is 0 Å². The van der Waals surface area contributed by atoms with Crippen LogP contribution in [0.4, 0.5) is 0 Å². The summed E-state index contributed by atoms with van der Waals surface area (Å²) >= 11 is 0. The normalized spacial score (nSPS) is 23.0. The van der Waals surface area contributed by atoms with Gasteiger partial charge in [0.25, 0.3) is 0 Å². The predicted molar refractivity (Wildman–Crippen MR) is 58.6 cm³/mol. The number of piperidine rings is 1. The summed E-state index contributed by atoms with van der Waals surface area (Å²) in [5.41, 5.74) is -0.964. The summed E-state index contributed by atoms with van der Waals surface area (Å²) in [5, 5.41) is 28.1. The minimum absolute atomic E-state index is 0.00358. The maximum atomic E-state index is 9.78. The van der Waals surface area contributed by atoms with E-state index in [1.807, 2.05) is 13.8 Å². The van der Waals surface area contributed by atoms with E-state index in [1.54, 1.807) is 0 Å². The summed E-state index contributed by atoms with van der Waals surface area (Å²) in [6, 6.07) is 0. The van der Waals surface area contributed by atoms with Crippen molar-refractivity contribution in [3.8, 4) is 0 Å². The molecule has 0 bridgehead atoms. The van der Waals surface area contributed by atoms with Gasteiger partial charge in [0, 0.05) is 25.0 Å². The van der Waals surface area contributed by atoms with E-state index in [4.69, 9.17) is 0 Å². The fourth-order valence-electron chi connectivity index (χ4n) is 1.88. The Morgan fingerprint density at radius 3 is 2.07 bits per heavy atom. The molecule has 1 saturated heterocycles. The van der Waals surface area contributed by atoms with Crippen LogP contribution in [-0.2, 0) is 0 Å². The molecule has 1 rings (SSSR count). The van der Waals surface area contributed by atoms with Gasteiger partial charge < -0.3 is 20.2 Å². The summed E-state index contributed by atoms with van der Waals surface area (Å²) in [6.07, 6.45) is 1.53.